The van der Waals surface area contributed by atoms with Crippen LogP contribution in [0.1, 0.15) is 12.0 Å². The lowest BCUT2D eigenvalue weighted by Gasteiger charge is -2.21. The highest BCUT2D eigenvalue weighted by Crippen LogP contribution is 2.23. The van der Waals surface area contributed by atoms with Gasteiger partial charge in [-0.1, -0.05) is 54.6 Å². The van der Waals surface area contributed by atoms with Crippen LogP contribution < -0.4 is 0 Å². The Bertz CT molecular complexity index is 742. The van der Waals surface area contributed by atoms with E-state index >= 15 is 0 Å². The number of carbonyl (C=O) groups is 2. The normalized spacial score (nSPS) is 19.8. The lowest BCUT2D eigenvalue weighted by Crippen LogP contribution is -2.41. The van der Waals surface area contributed by atoms with E-state index < -0.39 is 12.0 Å². The van der Waals surface area contributed by atoms with Crippen molar-refractivity contribution in [3.8, 4) is 11.1 Å². The molecule has 1 N–H and O–H groups in total. The number of nitrogens with zero attached hydrogens (tertiary/aromatic N) is 1. The van der Waals surface area contributed by atoms with E-state index in [1.807, 2.05) is 54.6 Å². The predicted molar refractivity (Wildman–Crippen MR) is 94.1 cm³/mol. The van der Waals surface area contributed by atoms with E-state index in [0.717, 1.165) is 16.7 Å². The molecule has 2 aromatic carbocycles. The van der Waals surface area contributed by atoms with E-state index in [1.165, 1.54) is 4.90 Å². The first-order valence-electron chi connectivity index (χ1n) is 8.28. The molecular formula is C20H21NO4. The number of aliphatic carboxylic acids is 1. The van der Waals surface area contributed by atoms with Crippen LogP contribution >= 0.6 is 0 Å². The monoisotopic (exact) mass is 339 g/mol. The minimum atomic E-state index is -0.979. The maximum atomic E-state index is 12.6. The van der Waals surface area contributed by atoms with Crippen LogP contribution in [0.25, 0.3) is 11.1 Å². The van der Waals surface area contributed by atoms with Gasteiger partial charge >= 0.3 is 5.97 Å². The zero-order valence-corrected chi connectivity index (χ0v) is 14.1. The van der Waals surface area contributed by atoms with E-state index in [4.69, 9.17) is 4.74 Å². The fraction of sp³-hybridized carbons (Fsp3) is 0.300. The topological polar surface area (TPSA) is 66.8 Å². The standard InChI is InChI=1S/C20H21NO4/c1-25-17-12-18(20(23)24)21(13-17)19(22)11-14-7-9-16(10-8-14)15-5-3-2-4-6-15/h2-10,17-18H,11-13H2,1H3,(H,23,24). The average Bonchev–Trinajstić information content (AvgIpc) is 3.08. The Labute approximate surface area is 146 Å². The molecule has 0 bridgehead atoms. The van der Waals surface area contributed by atoms with Gasteiger partial charge < -0.3 is 14.7 Å². The van der Waals surface area contributed by atoms with Gasteiger partial charge in [-0.3, -0.25) is 4.79 Å². The number of likely N-dealkylation sites (tertiary alicyclic amines) is 1. The third kappa shape index (κ3) is 3.88. The van der Waals surface area contributed by atoms with Crippen molar-refractivity contribution in [3.63, 3.8) is 0 Å². The molecule has 130 valence electrons. The quantitative estimate of drug-likeness (QED) is 0.909. The number of carbonyl (C=O) groups excluding carboxylic acids is 1. The average molecular weight is 339 g/mol. The number of benzene rings is 2. The molecule has 25 heavy (non-hydrogen) atoms. The Morgan fingerprint density at radius 3 is 2.32 bits per heavy atom. The highest BCUT2D eigenvalue weighted by molar-refractivity contribution is 5.86. The summed E-state index contributed by atoms with van der Waals surface area (Å²) in [4.78, 5) is 25.4. The fourth-order valence-corrected chi connectivity index (χ4v) is 3.20. The SMILES string of the molecule is COC1CC(C(=O)O)N(C(=O)Cc2ccc(-c3ccccc3)cc2)C1. The summed E-state index contributed by atoms with van der Waals surface area (Å²) in [6.45, 7) is 0.328. The molecule has 1 fully saturated rings. The van der Waals surface area contributed by atoms with Crippen LogP contribution in [0.5, 0.6) is 0 Å². The second-order valence-electron chi connectivity index (χ2n) is 6.23. The van der Waals surface area contributed by atoms with Crippen LogP contribution in [-0.2, 0) is 20.7 Å². The molecule has 2 atom stereocenters. The van der Waals surface area contributed by atoms with Crippen LogP contribution in [0.15, 0.2) is 54.6 Å². The molecule has 1 amide bonds. The summed E-state index contributed by atoms with van der Waals surface area (Å²) in [5.41, 5.74) is 3.07. The molecule has 2 unspecified atom stereocenters. The Hall–Kier alpha value is -2.66. The van der Waals surface area contributed by atoms with E-state index in [0.29, 0.717) is 13.0 Å². The van der Waals surface area contributed by atoms with Gasteiger partial charge in [0.25, 0.3) is 0 Å². The number of carboxylic acid groups (broad SMARTS) is 1. The molecule has 0 spiro atoms. The van der Waals surface area contributed by atoms with Gasteiger partial charge in [-0.15, -0.1) is 0 Å². The molecule has 1 heterocycles. The number of amides is 1. The zero-order valence-electron chi connectivity index (χ0n) is 14.1. The van der Waals surface area contributed by atoms with Crippen LogP contribution in [0.2, 0.25) is 0 Å². The minimum Gasteiger partial charge on any atom is -0.480 e. The number of hydrogen-bond acceptors (Lipinski definition) is 3. The summed E-state index contributed by atoms with van der Waals surface area (Å²) in [5, 5.41) is 9.32. The summed E-state index contributed by atoms with van der Waals surface area (Å²) in [5.74, 6) is -1.16. The maximum absolute atomic E-state index is 12.6. The number of methoxy groups -OCH3 is 1. The molecule has 0 radical (unpaired) electrons. The highest BCUT2D eigenvalue weighted by Gasteiger charge is 2.39. The molecule has 2 aromatic rings. The number of rotatable bonds is 5. The van der Waals surface area contributed by atoms with Gasteiger partial charge in [0.2, 0.25) is 5.91 Å². The molecule has 1 saturated heterocycles. The Balaban J connectivity index is 1.69. The van der Waals surface area contributed by atoms with Gasteiger partial charge in [-0.25, -0.2) is 4.79 Å². The van der Waals surface area contributed by atoms with Gasteiger partial charge in [0.15, 0.2) is 0 Å². The van der Waals surface area contributed by atoms with Crippen molar-refractivity contribution in [3.05, 3.63) is 60.2 Å². The van der Waals surface area contributed by atoms with Crippen molar-refractivity contribution in [2.24, 2.45) is 0 Å². The molecule has 0 aromatic heterocycles. The van der Waals surface area contributed by atoms with Crippen LogP contribution in [0.4, 0.5) is 0 Å². The first-order chi connectivity index (χ1) is 12.1. The molecule has 5 nitrogen and oxygen atoms in total. The molecule has 5 heteroatoms. The Morgan fingerprint density at radius 1 is 1.08 bits per heavy atom. The lowest BCUT2D eigenvalue weighted by molar-refractivity contribution is -0.148. The van der Waals surface area contributed by atoms with E-state index in [1.54, 1.807) is 7.11 Å². The summed E-state index contributed by atoms with van der Waals surface area (Å²) in [7, 11) is 1.54. The number of hydrogen-bond donors (Lipinski definition) is 1. The number of carboxylic acids is 1. The largest absolute Gasteiger partial charge is 0.480 e. The summed E-state index contributed by atoms with van der Waals surface area (Å²) >= 11 is 0. The smallest absolute Gasteiger partial charge is 0.326 e. The predicted octanol–water partition coefficient (Wildman–Crippen LogP) is 2.60. The van der Waals surface area contributed by atoms with Crippen molar-refractivity contribution in [1.82, 2.24) is 4.90 Å². The molecular weight excluding hydrogens is 318 g/mol. The third-order valence-electron chi connectivity index (χ3n) is 4.62. The molecule has 0 saturated carbocycles. The first-order valence-corrected chi connectivity index (χ1v) is 8.28. The highest BCUT2D eigenvalue weighted by atomic mass is 16.5. The van der Waals surface area contributed by atoms with E-state index in [-0.39, 0.29) is 18.4 Å². The van der Waals surface area contributed by atoms with Gasteiger partial charge in [0.1, 0.15) is 6.04 Å². The minimum absolute atomic E-state index is 0.181. The summed E-state index contributed by atoms with van der Waals surface area (Å²) in [6, 6.07) is 17.0. The van der Waals surface area contributed by atoms with Crippen molar-refractivity contribution < 1.29 is 19.4 Å². The van der Waals surface area contributed by atoms with E-state index in [2.05, 4.69) is 0 Å². The van der Waals surface area contributed by atoms with Crippen molar-refractivity contribution in [2.45, 2.75) is 25.0 Å². The molecule has 3 rings (SSSR count). The number of ether oxygens (including phenoxy) is 1. The van der Waals surface area contributed by atoms with Crippen LogP contribution in [-0.4, -0.2) is 47.7 Å². The molecule has 1 aliphatic rings. The first kappa shape index (κ1) is 17.2. The van der Waals surface area contributed by atoms with Crippen molar-refractivity contribution in [1.29, 1.82) is 0 Å². The van der Waals surface area contributed by atoms with Crippen molar-refractivity contribution >= 4 is 11.9 Å². The second kappa shape index (κ2) is 7.49. The Kier molecular flexibility index (Phi) is 5.14. The molecule has 0 aliphatic carbocycles. The maximum Gasteiger partial charge on any atom is 0.326 e. The van der Waals surface area contributed by atoms with Gasteiger partial charge in [0.05, 0.1) is 12.5 Å². The van der Waals surface area contributed by atoms with Gasteiger partial charge in [-0.2, -0.15) is 0 Å². The van der Waals surface area contributed by atoms with Crippen LogP contribution in [0.3, 0.4) is 0 Å². The third-order valence-corrected chi connectivity index (χ3v) is 4.62. The molecule has 1 aliphatic heterocycles. The van der Waals surface area contributed by atoms with Gasteiger partial charge in [0, 0.05) is 20.1 Å². The Morgan fingerprint density at radius 2 is 1.72 bits per heavy atom. The lowest BCUT2D eigenvalue weighted by atomic mass is 10.0. The summed E-state index contributed by atoms with van der Waals surface area (Å²) < 4.78 is 5.23. The fourth-order valence-electron chi connectivity index (χ4n) is 3.20. The van der Waals surface area contributed by atoms with Gasteiger partial charge in [-0.05, 0) is 16.7 Å². The summed E-state index contributed by atoms with van der Waals surface area (Å²) in [6.07, 6.45) is 0.310. The van der Waals surface area contributed by atoms with Crippen LogP contribution in [0, 0.1) is 0 Å². The second-order valence-corrected chi connectivity index (χ2v) is 6.23. The van der Waals surface area contributed by atoms with E-state index in [9.17, 15) is 14.7 Å². The van der Waals surface area contributed by atoms with Crippen molar-refractivity contribution in [2.75, 3.05) is 13.7 Å². The zero-order chi connectivity index (χ0) is 17.8.